The van der Waals surface area contributed by atoms with Gasteiger partial charge in [-0.15, -0.1) is 0 Å². The molecule has 0 aromatic carbocycles. The Morgan fingerprint density at radius 1 is 1.71 bits per heavy atom. The summed E-state index contributed by atoms with van der Waals surface area (Å²) in [6, 6.07) is -0.221. The van der Waals surface area contributed by atoms with E-state index >= 15 is 0 Å². The quantitative estimate of drug-likeness (QED) is 0.671. The minimum atomic E-state index is -0.285. The molecule has 82 valence electrons. The Morgan fingerprint density at radius 3 is 2.86 bits per heavy atom. The molecule has 0 radical (unpaired) electrons. The Labute approximate surface area is 85.1 Å². The largest absolute Gasteiger partial charge is 0.396 e. The first-order chi connectivity index (χ1) is 6.48. The van der Waals surface area contributed by atoms with Crippen LogP contribution in [0, 0.1) is 5.41 Å². The van der Waals surface area contributed by atoms with Gasteiger partial charge in [0.25, 0.3) is 0 Å². The van der Waals surface area contributed by atoms with Gasteiger partial charge >= 0.3 is 0 Å². The summed E-state index contributed by atoms with van der Waals surface area (Å²) in [6.07, 6.45) is 2.04. The highest BCUT2D eigenvalue weighted by Crippen LogP contribution is 2.29. The summed E-state index contributed by atoms with van der Waals surface area (Å²) >= 11 is 0. The molecule has 0 aliphatic carbocycles. The van der Waals surface area contributed by atoms with Crippen molar-refractivity contribution in [2.24, 2.45) is 11.1 Å². The van der Waals surface area contributed by atoms with Crippen LogP contribution in [0.5, 0.6) is 0 Å². The van der Waals surface area contributed by atoms with Crippen molar-refractivity contribution in [2.75, 3.05) is 19.7 Å². The third kappa shape index (κ3) is 2.45. The lowest BCUT2D eigenvalue weighted by Crippen LogP contribution is -2.51. The molecule has 1 amide bonds. The third-order valence-electron chi connectivity index (χ3n) is 3.15. The summed E-state index contributed by atoms with van der Waals surface area (Å²) < 4.78 is 0. The number of piperidine rings is 1. The maximum atomic E-state index is 11.0. The highest BCUT2D eigenvalue weighted by atomic mass is 16.3. The van der Waals surface area contributed by atoms with Gasteiger partial charge in [0, 0.05) is 18.6 Å². The first-order valence-electron chi connectivity index (χ1n) is 5.13. The summed E-state index contributed by atoms with van der Waals surface area (Å²) in [5, 5.41) is 9.25. The molecular weight excluding hydrogens is 180 g/mol. The predicted octanol–water partition coefficient (Wildman–Crippen LogP) is -0.0454. The van der Waals surface area contributed by atoms with Crippen LogP contribution in [0.2, 0.25) is 0 Å². The van der Waals surface area contributed by atoms with Crippen molar-refractivity contribution in [3.63, 3.8) is 0 Å². The molecule has 14 heavy (non-hydrogen) atoms. The average Bonchev–Trinajstić information content (AvgIpc) is 2.16. The fourth-order valence-corrected chi connectivity index (χ4v) is 2.00. The number of nitrogens with zero attached hydrogens (tertiary/aromatic N) is 1. The fourth-order valence-electron chi connectivity index (χ4n) is 2.00. The first kappa shape index (κ1) is 11.5. The maximum absolute atomic E-state index is 11.0. The van der Waals surface area contributed by atoms with E-state index in [1.165, 1.54) is 0 Å². The second-order valence-corrected chi connectivity index (χ2v) is 4.62. The van der Waals surface area contributed by atoms with Gasteiger partial charge in [-0.3, -0.25) is 9.69 Å². The minimum absolute atomic E-state index is 0.0675. The predicted molar refractivity (Wildman–Crippen MR) is 54.7 cm³/mol. The summed E-state index contributed by atoms with van der Waals surface area (Å²) in [4.78, 5) is 13.1. The second kappa shape index (κ2) is 4.28. The number of rotatable bonds is 3. The van der Waals surface area contributed by atoms with Crippen LogP contribution in [0.15, 0.2) is 0 Å². The van der Waals surface area contributed by atoms with Gasteiger partial charge in [-0.25, -0.2) is 0 Å². The van der Waals surface area contributed by atoms with Crippen LogP contribution in [0.4, 0.5) is 0 Å². The summed E-state index contributed by atoms with van der Waals surface area (Å²) in [5.74, 6) is -0.285. The Kier molecular flexibility index (Phi) is 3.50. The molecule has 0 spiro atoms. The van der Waals surface area contributed by atoms with E-state index in [-0.39, 0.29) is 24.0 Å². The van der Waals surface area contributed by atoms with E-state index in [1.54, 1.807) is 0 Å². The number of amides is 1. The molecule has 1 saturated heterocycles. The smallest absolute Gasteiger partial charge is 0.234 e. The van der Waals surface area contributed by atoms with Crippen LogP contribution in [-0.4, -0.2) is 41.7 Å². The molecule has 0 aromatic heterocycles. The zero-order valence-electron chi connectivity index (χ0n) is 8.99. The Hall–Kier alpha value is -0.610. The SMILES string of the molecule is CC(C(N)=O)N1CCCC(C)(CO)C1. The lowest BCUT2D eigenvalue weighted by Gasteiger charge is -2.41. The molecule has 0 aromatic rings. The van der Waals surface area contributed by atoms with Crippen molar-refractivity contribution < 1.29 is 9.90 Å². The Bertz CT molecular complexity index is 220. The highest BCUT2D eigenvalue weighted by molar-refractivity contribution is 5.79. The molecule has 4 heteroatoms. The second-order valence-electron chi connectivity index (χ2n) is 4.62. The van der Waals surface area contributed by atoms with E-state index in [0.29, 0.717) is 0 Å². The normalized spacial score (nSPS) is 31.4. The number of carbonyl (C=O) groups excluding carboxylic acids is 1. The molecular formula is C10H20N2O2. The maximum Gasteiger partial charge on any atom is 0.234 e. The van der Waals surface area contributed by atoms with Crippen molar-refractivity contribution in [3.05, 3.63) is 0 Å². The number of primary amides is 1. The number of carbonyl (C=O) groups is 1. The number of hydrogen-bond donors (Lipinski definition) is 2. The summed E-state index contributed by atoms with van der Waals surface area (Å²) in [6.45, 7) is 5.71. The molecule has 1 fully saturated rings. The van der Waals surface area contributed by atoms with Gasteiger partial charge in [-0.1, -0.05) is 6.92 Å². The Balaban J connectivity index is 2.60. The van der Waals surface area contributed by atoms with Crippen LogP contribution < -0.4 is 5.73 Å². The van der Waals surface area contributed by atoms with E-state index < -0.39 is 0 Å². The summed E-state index contributed by atoms with van der Waals surface area (Å²) in [5.41, 5.74) is 5.19. The number of nitrogens with two attached hydrogens (primary N) is 1. The molecule has 1 rings (SSSR count). The lowest BCUT2D eigenvalue weighted by atomic mass is 9.82. The van der Waals surface area contributed by atoms with Crippen molar-refractivity contribution >= 4 is 5.91 Å². The van der Waals surface area contributed by atoms with Gasteiger partial charge in [0.05, 0.1) is 6.04 Å². The monoisotopic (exact) mass is 200 g/mol. The minimum Gasteiger partial charge on any atom is -0.396 e. The van der Waals surface area contributed by atoms with Crippen LogP contribution in [0.25, 0.3) is 0 Å². The van der Waals surface area contributed by atoms with Crippen LogP contribution in [0.1, 0.15) is 26.7 Å². The van der Waals surface area contributed by atoms with Gasteiger partial charge in [0.15, 0.2) is 0 Å². The summed E-state index contributed by atoms with van der Waals surface area (Å²) in [7, 11) is 0. The molecule has 1 heterocycles. The van der Waals surface area contributed by atoms with Gasteiger partial charge < -0.3 is 10.8 Å². The number of aliphatic hydroxyl groups excluding tert-OH is 1. The zero-order valence-corrected chi connectivity index (χ0v) is 8.99. The average molecular weight is 200 g/mol. The molecule has 1 aliphatic heterocycles. The highest BCUT2D eigenvalue weighted by Gasteiger charge is 2.33. The topological polar surface area (TPSA) is 66.6 Å². The molecule has 4 nitrogen and oxygen atoms in total. The van der Waals surface area contributed by atoms with Gasteiger partial charge in [0.1, 0.15) is 0 Å². The number of hydrogen-bond acceptors (Lipinski definition) is 3. The molecule has 2 unspecified atom stereocenters. The van der Waals surface area contributed by atoms with Crippen molar-refractivity contribution in [3.8, 4) is 0 Å². The molecule has 1 aliphatic rings. The van der Waals surface area contributed by atoms with E-state index in [2.05, 4.69) is 4.90 Å². The van der Waals surface area contributed by atoms with Crippen molar-refractivity contribution in [2.45, 2.75) is 32.7 Å². The Morgan fingerprint density at radius 2 is 2.36 bits per heavy atom. The third-order valence-corrected chi connectivity index (χ3v) is 3.15. The van der Waals surface area contributed by atoms with E-state index in [0.717, 1.165) is 25.9 Å². The van der Waals surface area contributed by atoms with Gasteiger partial charge in [-0.2, -0.15) is 0 Å². The zero-order chi connectivity index (χ0) is 10.8. The fraction of sp³-hybridized carbons (Fsp3) is 0.900. The van der Waals surface area contributed by atoms with Crippen molar-refractivity contribution in [1.82, 2.24) is 4.90 Å². The van der Waals surface area contributed by atoms with Crippen LogP contribution in [-0.2, 0) is 4.79 Å². The van der Waals surface area contributed by atoms with Gasteiger partial charge in [-0.05, 0) is 26.3 Å². The first-order valence-corrected chi connectivity index (χ1v) is 5.13. The molecule has 0 saturated carbocycles. The number of aliphatic hydroxyl groups is 1. The standard InChI is InChI=1S/C10H20N2O2/c1-8(9(11)14)12-5-3-4-10(2,6-12)7-13/h8,13H,3-7H2,1-2H3,(H2,11,14). The van der Waals surface area contributed by atoms with Gasteiger partial charge in [0.2, 0.25) is 5.91 Å². The van der Waals surface area contributed by atoms with E-state index in [9.17, 15) is 9.90 Å². The van der Waals surface area contributed by atoms with E-state index in [1.807, 2.05) is 13.8 Å². The molecule has 0 bridgehead atoms. The van der Waals surface area contributed by atoms with E-state index in [4.69, 9.17) is 5.73 Å². The lowest BCUT2D eigenvalue weighted by molar-refractivity contribution is -0.124. The molecule has 2 atom stereocenters. The van der Waals surface area contributed by atoms with Crippen molar-refractivity contribution in [1.29, 1.82) is 0 Å². The number of likely N-dealkylation sites (tertiary alicyclic amines) is 1. The van der Waals surface area contributed by atoms with Crippen LogP contribution in [0.3, 0.4) is 0 Å². The molecule has 3 N–H and O–H groups in total. The van der Waals surface area contributed by atoms with Crippen LogP contribution >= 0.6 is 0 Å².